The number of rotatable bonds is 4. The highest BCUT2D eigenvalue weighted by atomic mass is 16.7. The second-order valence-electron chi connectivity index (χ2n) is 6.37. The van der Waals surface area contributed by atoms with E-state index in [1.807, 2.05) is 0 Å². The number of terminal acetylenes is 4. The zero-order chi connectivity index (χ0) is 17.0. The van der Waals surface area contributed by atoms with Gasteiger partial charge in [-0.25, -0.2) is 0 Å². The fourth-order valence-electron chi connectivity index (χ4n) is 4.00. The Morgan fingerprint density at radius 3 is 1.43 bits per heavy atom. The lowest BCUT2D eigenvalue weighted by Gasteiger charge is -2.50. The molecule has 1 aliphatic carbocycles. The van der Waals surface area contributed by atoms with E-state index in [0.29, 0.717) is 26.1 Å². The molecule has 0 N–H and O–H groups in total. The van der Waals surface area contributed by atoms with Crippen LogP contribution in [0.2, 0.25) is 0 Å². The van der Waals surface area contributed by atoms with Crippen molar-refractivity contribution >= 4 is 5.78 Å². The van der Waals surface area contributed by atoms with Crippen LogP contribution in [0.3, 0.4) is 0 Å². The summed E-state index contributed by atoms with van der Waals surface area (Å²) in [5.41, 5.74) is -1.81. The second-order valence-corrected chi connectivity index (χ2v) is 6.37. The highest BCUT2D eigenvalue weighted by Crippen LogP contribution is 2.56. The van der Waals surface area contributed by atoms with Gasteiger partial charge in [0.1, 0.15) is 5.78 Å². The van der Waals surface area contributed by atoms with E-state index in [1.54, 1.807) is 0 Å². The number of hydrogen-bond donors (Lipinski definition) is 0. The fraction of sp³-hybridized carbons (Fsp3) is 0.550. The van der Waals surface area contributed by atoms with Crippen molar-refractivity contribution in [1.82, 2.24) is 0 Å². The van der Waals surface area contributed by atoms with E-state index in [-0.39, 0.29) is 31.5 Å². The molecule has 2 rings (SSSR count). The largest absolute Gasteiger partial charge is 0.347 e. The van der Waals surface area contributed by atoms with Crippen molar-refractivity contribution in [2.45, 2.75) is 44.3 Å². The van der Waals surface area contributed by atoms with Gasteiger partial charge in [-0.05, 0) is 0 Å². The molecule has 3 heteroatoms. The Labute approximate surface area is 138 Å². The molecule has 0 aromatic heterocycles. The van der Waals surface area contributed by atoms with E-state index < -0.39 is 16.6 Å². The third-order valence-electron chi connectivity index (χ3n) is 4.75. The molecule has 2 aliphatic rings. The average molecular weight is 308 g/mol. The van der Waals surface area contributed by atoms with Gasteiger partial charge in [-0.15, -0.1) is 49.4 Å². The lowest BCUT2D eigenvalue weighted by molar-refractivity contribution is -0.223. The van der Waals surface area contributed by atoms with Crippen LogP contribution in [0.4, 0.5) is 0 Å². The molecule has 0 aromatic carbocycles. The summed E-state index contributed by atoms with van der Waals surface area (Å²) in [6.45, 7) is 0.942. The number of Topliss-reactive ketones (excluding diaryl/α,β-unsaturated/α-hetero) is 1. The third-order valence-corrected chi connectivity index (χ3v) is 4.75. The van der Waals surface area contributed by atoms with Gasteiger partial charge in [0.15, 0.2) is 5.79 Å². The van der Waals surface area contributed by atoms with E-state index in [9.17, 15) is 4.79 Å². The lowest BCUT2D eigenvalue weighted by Crippen LogP contribution is -2.57. The molecule has 1 aliphatic heterocycles. The van der Waals surface area contributed by atoms with Crippen LogP contribution in [0.25, 0.3) is 0 Å². The first-order chi connectivity index (χ1) is 11.0. The average Bonchev–Trinajstić information content (AvgIpc) is 2.93. The first kappa shape index (κ1) is 17.2. The minimum Gasteiger partial charge on any atom is -0.347 e. The predicted molar refractivity (Wildman–Crippen MR) is 87.5 cm³/mol. The summed E-state index contributed by atoms with van der Waals surface area (Å²) in [5.74, 6) is 9.44. The quantitative estimate of drug-likeness (QED) is 0.747. The third kappa shape index (κ3) is 2.87. The Balaban J connectivity index is 2.57. The number of hydrogen-bond acceptors (Lipinski definition) is 3. The topological polar surface area (TPSA) is 35.5 Å². The highest BCUT2D eigenvalue weighted by Gasteiger charge is 2.62. The molecule has 1 heterocycles. The molecule has 1 saturated carbocycles. The van der Waals surface area contributed by atoms with Crippen molar-refractivity contribution in [2.75, 3.05) is 13.2 Å². The summed E-state index contributed by atoms with van der Waals surface area (Å²) in [6, 6.07) is 0. The molecule has 0 bridgehead atoms. The summed E-state index contributed by atoms with van der Waals surface area (Å²) >= 11 is 0. The van der Waals surface area contributed by atoms with Gasteiger partial charge in [-0.3, -0.25) is 4.79 Å². The highest BCUT2D eigenvalue weighted by molar-refractivity contribution is 5.92. The number of carbonyl (C=O) groups excluding carboxylic acids is 1. The Kier molecular flexibility index (Phi) is 4.88. The van der Waals surface area contributed by atoms with Crippen molar-refractivity contribution in [3.05, 3.63) is 0 Å². The monoisotopic (exact) mass is 308 g/mol. The number of carbonyl (C=O) groups is 1. The van der Waals surface area contributed by atoms with E-state index in [2.05, 4.69) is 23.7 Å². The molecular weight excluding hydrogens is 288 g/mol. The van der Waals surface area contributed by atoms with Crippen molar-refractivity contribution < 1.29 is 14.3 Å². The molecule has 0 aromatic rings. The molecule has 0 unspecified atom stereocenters. The van der Waals surface area contributed by atoms with Crippen molar-refractivity contribution in [1.29, 1.82) is 0 Å². The van der Waals surface area contributed by atoms with Crippen LogP contribution in [0.1, 0.15) is 38.5 Å². The molecule has 2 fully saturated rings. The zero-order valence-electron chi connectivity index (χ0n) is 13.2. The Morgan fingerprint density at radius 2 is 1.13 bits per heavy atom. The van der Waals surface area contributed by atoms with E-state index in [1.165, 1.54) is 0 Å². The number of ether oxygens (including phenoxy) is 2. The van der Waals surface area contributed by atoms with Gasteiger partial charge < -0.3 is 9.47 Å². The molecule has 118 valence electrons. The first-order valence-electron chi connectivity index (χ1n) is 7.59. The van der Waals surface area contributed by atoms with Gasteiger partial charge in [-0.1, -0.05) is 0 Å². The maximum atomic E-state index is 13.4. The Morgan fingerprint density at radius 1 is 0.783 bits per heavy atom. The van der Waals surface area contributed by atoms with Gasteiger partial charge in [0, 0.05) is 38.5 Å². The van der Waals surface area contributed by atoms with Crippen molar-refractivity contribution in [3.63, 3.8) is 0 Å². The van der Waals surface area contributed by atoms with Gasteiger partial charge in [0.2, 0.25) is 0 Å². The van der Waals surface area contributed by atoms with Crippen LogP contribution in [-0.2, 0) is 14.3 Å². The molecule has 23 heavy (non-hydrogen) atoms. The standard InChI is InChI=1S/C20H20O3/c1-5-9-18(10-6-2)15-20(22-13-14-23-20)16-19(11-7-3,12-8-4)17(18)21/h1-4H,9-16H2. The van der Waals surface area contributed by atoms with Crippen LogP contribution >= 0.6 is 0 Å². The van der Waals surface area contributed by atoms with E-state index >= 15 is 0 Å². The zero-order valence-corrected chi connectivity index (χ0v) is 13.2. The van der Waals surface area contributed by atoms with Crippen LogP contribution in [0.5, 0.6) is 0 Å². The van der Waals surface area contributed by atoms with E-state index in [0.717, 1.165) is 0 Å². The first-order valence-corrected chi connectivity index (χ1v) is 7.59. The Bertz CT molecular complexity index is 556. The molecule has 0 atom stereocenters. The van der Waals surface area contributed by atoms with Crippen LogP contribution < -0.4 is 0 Å². The molecular formula is C20H20O3. The van der Waals surface area contributed by atoms with Crippen LogP contribution in [0.15, 0.2) is 0 Å². The summed E-state index contributed by atoms with van der Waals surface area (Å²) < 4.78 is 11.8. The van der Waals surface area contributed by atoms with Crippen LogP contribution in [0, 0.1) is 60.2 Å². The smallest absolute Gasteiger partial charge is 0.170 e. The second kappa shape index (κ2) is 6.52. The van der Waals surface area contributed by atoms with E-state index in [4.69, 9.17) is 35.2 Å². The molecule has 1 spiro atoms. The van der Waals surface area contributed by atoms with Crippen molar-refractivity contribution in [3.8, 4) is 49.4 Å². The summed E-state index contributed by atoms with van der Waals surface area (Å²) in [5, 5.41) is 0. The lowest BCUT2D eigenvalue weighted by atomic mass is 9.54. The SMILES string of the molecule is C#CCC1(CC#C)CC2(CC(CC#C)(CC#C)C1=O)OCCO2. The van der Waals surface area contributed by atoms with Gasteiger partial charge in [0.05, 0.1) is 24.0 Å². The molecule has 3 nitrogen and oxygen atoms in total. The predicted octanol–water partition coefficient (Wildman–Crippen LogP) is 2.16. The van der Waals surface area contributed by atoms with Gasteiger partial charge in [-0.2, -0.15) is 0 Å². The maximum absolute atomic E-state index is 13.4. The minimum absolute atomic E-state index is 0.0403. The summed E-state index contributed by atoms with van der Waals surface area (Å²) in [4.78, 5) is 13.4. The maximum Gasteiger partial charge on any atom is 0.170 e. The van der Waals surface area contributed by atoms with Gasteiger partial charge >= 0.3 is 0 Å². The van der Waals surface area contributed by atoms with Crippen LogP contribution in [-0.4, -0.2) is 24.8 Å². The summed E-state index contributed by atoms with van der Waals surface area (Å²) in [7, 11) is 0. The normalized spacial score (nSPS) is 23.4. The molecule has 0 radical (unpaired) electrons. The van der Waals surface area contributed by atoms with Crippen molar-refractivity contribution in [2.24, 2.45) is 10.8 Å². The summed E-state index contributed by atoms with van der Waals surface area (Å²) in [6.07, 6.45) is 23.7. The fourth-order valence-corrected chi connectivity index (χ4v) is 4.00. The number of ketones is 1. The molecule has 1 saturated heterocycles. The Hall–Kier alpha value is -2.17. The van der Waals surface area contributed by atoms with Gasteiger partial charge in [0.25, 0.3) is 0 Å². The molecule has 0 amide bonds. The minimum atomic E-state index is -0.903.